The molecule has 0 fully saturated rings. The Labute approximate surface area is 106 Å². The van der Waals surface area contributed by atoms with Crippen molar-refractivity contribution in [1.82, 2.24) is 0 Å². The Morgan fingerprint density at radius 3 is 2.53 bits per heavy atom. The van der Waals surface area contributed by atoms with Crippen LogP contribution in [0.4, 0.5) is 18.9 Å². The number of rotatable bonds is 5. The lowest BCUT2D eigenvalue weighted by Crippen LogP contribution is -2.24. The predicted octanol–water partition coefficient (Wildman–Crippen LogP) is 1.15. The largest absolute Gasteiger partial charge is 0.416 e. The normalized spacial score (nSPS) is 11.1. The van der Waals surface area contributed by atoms with Gasteiger partial charge in [-0.05, 0) is 18.2 Å². The molecular formula is C11H11F3N2O3. The van der Waals surface area contributed by atoms with Crippen LogP contribution < -0.4 is 11.1 Å². The number of halogens is 3. The number of primary amides is 1. The molecule has 2 amide bonds. The number of hydrogen-bond donors (Lipinski definition) is 2. The van der Waals surface area contributed by atoms with E-state index in [4.69, 9.17) is 5.73 Å². The van der Waals surface area contributed by atoms with E-state index in [-0.39, 0.29) is 5.69 Å². The van der Waals surface area contributed by atoms with Crippen molar-refractivity contribution in [3.63, 3.8) is 0 Å². The van der Waals surface area contributed by atoms with E-state index < -0.39 is 36.8 Å². The lowest BCUT2D eigenvalue weighted by molar-refractivity contribution is -0.137. The molecule has 0 aliphatic carbocycles. The van der Waals surface area contributed by atoms with Gasteiger partial charge in [-0.2, -0.15) is 13.2 Å². The zero-order valence-electron chi connectivity index (χ0n) is 9.66. The molecule has 3 N–H and O–H groups in total. The molecule has 5 nitrogen and oxygen atoms in total. The number of alkyl halides is 3. The van der Waals surface area contributed by atoms with Crippen LogP contribution in [0.5, 0.6) is 0 Å². The highest BCUT2D eigenvalue weighted by Crippen LogP contribution is 2.30. The Balaban J connectivity index is 2.57. The standard InChI is InChI=1S/C11H11F3N2O3/c12-11(13,14)7-2-1-3-8(4-7)16-10(18)6-19-5-9(15)17/h1-4H,5-6H2,(H2,15,17)(H,16,18). The van der Waals surface area contributed by atoms with Crippen molar-refractivity contribution in [1.29, 1.82) is 0 Å². The van der Waals surface area contributed by atoms with Crippen LogP contribution in [0.3, 0.4) is 0 Å². The summed E-state index contributed by atoms with van der Waals surface area (Å²) in [6, 6.07) is 4.16. The number of nitrogens with two attached hydrogens (primary N) is 1. The maximum Gasteiger partial charge on any atom is 0.416 e. The Morgan fingerprint density at radius 1 is 1.26 bits per heavy atom. The summed E-state index contributed by atoms with van der Waals surface area (Å²) in [5.74, 6) is -1.42. The van der Waals surface area contributed by atoms with Crippen LogP contribution in [0.15, 0.2) is 24.3 Å². The lowest BCUT2D eigenvalue weighted by Gasteiger charge is -2.09. The summed E-state index contributed by atoms with van der Waals surface area (Å²) < 4.78 is 41.8. The van der Waals surface area contributed by atoms with Crippen LogP contribution in [0.25, 0.3) is 0 Å². The lowest BCUT2D eigenvalue weighted by atomic mass is 10.2. The zero-order chi connectivity index (χ0) is 14.5. The van der Waals surface area contributed by atoms with Gasteiger partial charge in [-0.15, -0.1) is 0 Å². The van der Waals surface area contributed by atoms with Gasteiger partial charge in [-0.1, -0.05) is 6.07 Å². The topological polar surface area (TPSA) is 81.4 Å². The van der Waals surface area contributed by atoms with Crippen molar-refractivity contribution in [2.75, 3.05) is 18.5 Å². The second-order valence-electron chi connectivity index (χ2n) is 3.59. The molecule has 0 aromatic heterocycles. The number of amides is 2. The molecule has 1 rings (SSSR count). The van der Waals surface area contributed by atoms with Gasteiger partial charge in [0.1, 0.15) is 13.2 Å². The van der Waals surface area contributed by atoms with Crippen LogP contribution in [-0.2, 0) is 20.5 Å². The summed E-state index contributed by atoms with van der Waals surface area (Å²) in [4.78, 5) is 21.6. The van der Waals surface area contributed by atoms with Crippen molar-refractivity contribution in [2.45, 2.75) is 6.18 Å². The van der Waals surface area contributed by atoms with Crippen molar-refractivity contribution in [2.24, 2.45) is 5.73 Å². The first-order chi connectivity index (χ1) is 8.79. The summed E-state index contributed by atoms with van der Waals surface area (Å²) in [7, 11) is 0. The van der Waals surface area contributed by atoms with Crippen LogP contribution in [0.2, 0.25) is 0 Å². The van der Waals surface area contributed by atoms with Crippen molar-refractivity contribution in [3.05, 3.63) is 29.8 Å². The van der Waals surface area contributed by atoms with E-state index in [2.05, 4.69) is 10.1 Å². The minimum absolute atomic E-state index is 0.0116. The smallest absolute Gasteiger partial charge is 0.368 e. The van der Waals surface area contributed by atoms with Gasteiger partial charge >= 0.3 is 6.18 Å². The van der Waals surface area contributed by atoms with Gasteiger partial charge in [0.2, 0.25) is 11.8 Å². The van der Waals surface area contributed by atoms with E-state index in [0.717, 1.165) is 12.1 Å². The number of nitrogens with one attached hydrogen (secondary N) is 1. The number of carbonyl (C=O) groups excluding carboxylic acids is 2. The Bertz CT molecular complexity index is 474. The number of ether oxygens (including phenoxy) is 1. The van der Waals surface area contributed by atoms with Gasteiger partial charge in [-0.25, -0.2) is 0 Å². The van der Waals surface area contributed by atoms with E-state index in [9.17, 15) is 22.8 Å². The number of anilines is 1. The monoisotopic (exact) mass is 276 g/mol. The molecule has 1 aromatic carbocycles. The van der Waals surface area contributed by atoms with Crippen LogP contribution >= 0.6 is 0 Å². The third-order valence-electron chi connectivity index (χ3n) is 1.95. The van der Waals surface area contributed by atoms with Gasteiger partial charge in [-0.3, -0.25) is 9.59 Å². The number of hydrogen-bond acceptors (Lipinski definition) is 3. The van der Waals surface area contributed by atoms with Gasteiger partial charge < -0.3 is 15.8 Å². The second-order valence-corrected chi connectivity index (χ2v) is 3.59. The molecule has 0 unspecified atom stereocenters. The van der Waals surface area contributed by atoms with Gasteiger partial charge in [0.15, 0.2) is 0 Å². The summed E-state index contributed by atoms with van der Waals surface area (Å²) in [6.45, 7) is -0.908. The van der Waals surface area contributed by atoms with E-state index in [1.54, 1.807) is 0 Å². The maximum atomic E-state index is 12.4. The van der Waals surface area contributed by atoms with E-state index in [1.807, 2.05) is 0 Å². The molecule has 0 radical (unpaired) electrons. The molecular weight excluding hydrogens is 265 g/mol. The molecule has 19 heavy (non-hydrogen) atoms. The minimum Gasteiger partial charge on any atom is -0.368 e. The average Bonchev–Trinajstić information content (AvgIpc) is 2.27. The highest BCUT2D eigenvalue weighted by Gasteiger charge is 2.30. The highest BCUT2D eigenvalue weighted by atomic mass is 19.4. The first-order valence-electron chi connectivity index (χ1n) is 5.12. The third-order valence-corrected chi connectivity index (χ3v) is 1.95. The molecule has 0 saturated heterocycles. The Kier molecular flexibility index (Phi) is 4.87. The van der Waals surface area contributed by atoms with Crippen molar-refractivity contribution >= 4 is 17.5 Å². The molecule has 0 heterocycles. The molecule has 8 heteroatoms. The highest BCUT2D eigenvalue weighted by molar-refractivity contribution is 5.91. The summed E-state index contributed by atoms with van der Waals surface area (Å²) in [5.41, 5.74) is 3.89. The summed E-state index contributed by atoms with van der Waals surface area (Å²) in [5, 5.41) is 2.21. The van der Waals surface area contributed by atoms with Crippen molar-refractivity contribution in [3.8, 4) is 0 Å². The fourth-order valence-electron chi connectivity index (χ4n) is 1.21. The fourth-order valence-corrected chi connectivity index (χ4v) is 1.21. The average molecular weight is 276 g/mol. The quantitative estimate of drug-likeness (QED) is 0.846. The van der Waals surface area contributed by atoms with E-state index >= 15 is 0 Å². The second kappa shape index (κ2) is 6.19. The third kappa shape index (κ3) is 5.38. The first-order valence-corrected chi connectivity index (χ1v) is 5.12. The fraction of sp³-hybridized carbons (Fsp3) is 0.273. The summed E-state index contributed by atoms with van der Waals surface area (Å²) in [6.07, 6.45) is -4.48. The molecule has 0 spiro atoms. The van der Waals surface area contributed by atoms with Crippen LogP contribution in [0.1, 0.15) is 5.56 Å². The maximum absolute atomic E-state index is 12.4. The van der Waals surface area contributed by atoms with Crippen molar-refractivity contribution < 1.29 is 27.5 Å². The minimum atomic E-state index is -4.48. The summed E-state index contributed by atoms with van der Waals surface area (Å²) >= 11 is 0. The molecule has 104 valence electrons. The molecule has 0 aliphatic heterocycles. The van der Waals surface area contributed by atoms with Crippen LogP contribution in [-0.4, -0.2) is 25.0 Å². The zero-order valence-corrected chi connectivity index (χ0v) is 9.66. The molecule has 0 atom stereocenters. The predicted molar refractivity (Wildman–Crippen MR) is 60.1 cm³/mol. The van der Waals surface area contributed by atoms with Gasteiger partial charge in [0, 0.05) is 5.69 Å². The van der Waals surface area contributed by atoms with E-state index in [0.29, 0.717) is 0 Å². The molecule has 0 saturated carbocycles. The Morgan fingerprint density at radius 2 is 1.95 bits per heavy atom. The molecule has 0 aliphatic rings. The molecule has 0 bridgehead atoms. The number of benzene rings is 1. The van der Waals surface area contributed by atoms with Crippen LogP contribution in [0, 0.1) is 0 Å². The Hall–Kier alpha value is -2.09. The first kappa shape index (κ1) is 15.0. The van der Waals surface area contributed by atoms with E-state index in [1.165, 1.54) is 12.1 Å². The van der Waals surface area contributed by atoms with Gasteiger partial charge in [0.25, 0.3) is 0 Å². The molecule has 1 aromatic rings. The van der Waals surface area contributed by atoms with Gasteiger partial charge in [0.05, 0.1) is 5.56 Å². The number of carbonyl (C=O) groups is 2. The SMILES string of the molecule is NC(=O)COCC(=O)Nc1cccc(C(F)(F)F)c1.